The van der Waals surface area contributed by atoms with Gasteiger partial charge in [-0.05, 0) is 73.9 Å². The average molecular weight is 429 g/mol. The highest BCUT2D eigenvalue weighted by atomic mass is 16.3. The van der Waals surface area contributed by atoms with Crippen LogP contribution in [0.5, 0.6) is 0 Å². The number of primary amides is 1. The lowest BCUT2D eigenvalue weighted by Gasteiger charge is -2.45. The van der Waals surface area contributed by atoms with Gasteiger partial charge in [-0.25, -0.2) is 4.68 Å². The maximum absolute atomic E-state index is 12.0. The first-order chi connectivity index (χ1) is 15.5. The van der Waals surface area contributed by atoms with Crippen molar-refractivity contribution >= 4 is 12.0 Å². The molecule has 164 valence electrons. The van der Waals surface area contributed by atoms with Crippen LogP contribution in [0.2, 0.25) is 0 Å². The number of rotatable bonds is 6. The van der Waals surface area contributed by atoms with Crippen LogP contribution in [0.4, 0.5) is 0 Å². The second kappa shape index (κ2) is 7.71. The Hall–Kier alpha value is -3.25. The van der Waals surface area contributed by atoms with Crippen molar-refractivity contribution in [1.82, 2.24) is 14.8 Å². The second-order valence-corrected chi connectivity index (χ2v) is 9.01. The van der Waals surface area contributed by atoms with Gasteiger partial charge in [0.2, 0.25) is 5.91 Å². The molecule has 32 heavy (non-hydrogen) atoms. The number of benzene rings is 1. The number of pyridine rings is 1. The van der Waals surface area contributed by atoms with Gasteiger partial charge in [-0.15, -0.1) is 0 Å². The molecule has 3 aromatic rings. The minimum absolute atomic E-state index is 0.315. The van der Waals surface area contributed by atoms with Crippen molar-refractivity contribution in [2.75, 3.05) is 0 Å². The lowest BCUT2D eigenvalue weighted by atomic mass is 9.63. The number of fused-ring (bicyclic) bond motifs is 2. The molecule has 1 fully saturated rings. The van der Waals surface area contributed by atoms with Crippen molar-refractivity contribution in [2.45, 2.75) is 51.0 Å². The Morgan fingerprint density at radius 3 is 2.81 bits per heavy atom. The van der Waals surface area contributed by atoms with Gasteiger partial charge in [-0.2, -0.15) is 5.10 Å². The molecule has 0 bridgehead atoms. The maximum atomic E-state index is 12.0. The number of amides is 1. The quantitative estimate of drug-likeness (QED) is 0.623. The van der Waals surface area contributed by atoms with Crippen LogP contribution in [-0.4, -0.2) is 31.4 Å². The second-order valence-electron chi connectivity index (χ2n) is 9.01. The van der Waals surface area contributed by atoms with Crippen molar-refractivity contribution in [3.8, 4) is 5.69 Å². The molecule has 0 unspecified atom stereocenters. The standard InChI is InChI=1S/C26H28N4O2/c1-2-25-15-19-16-29-30(21-7-5-13-28-17-21)23(19)14-20(25)10-12-26(25,32)11-9-18-6-3-4-8-22(18)24(27)31/h3-8,13-14,16-17,32H,2,9-12,15H2,1H3,(H2,27,31)/t25-,26-/m0/s1. The number of nitrogens with zero attached hydrogens (tertiary/aromatic N) is 3. The molecule has 1 amide bonds. The predicted molar refractivity (Wildman–Crippen MR) is 123 cm³/mol. The van der Waals surface area contributed by atoms with Crippen molar-refractivity contribution in [3.05, 3.63) is 82.9 Å². The van der Waals surface area contributed by atoms with Crippen LogP contribution in [-0.2, 0) is 12.8 Å². The fourth-order valence-corrected chi connectivity index (χ4v) is 5.83. The zero-order valence-electron chi connectivity index (χ0n) is 18.3. The maximum Gasteiger partial charge on any atom is 0.248 e. The van der Waals surface area contributed by atoms with E-state index in [1.54, 1.807) is 12.3 Å². The van der Waals surface area contributed by atoms with E-state index in [4.69, 9.17) is 5.73 Å². The molecule has 0 radical (unpaired) electrons. The number of aromatic nitrogens is 3. The summed E-state index contributed by atoms with van der Waals surface area (Å²) in [5.41, 5.74) is 10.3. The molecule has 2 heterocycles. The number of hydrogen-bond donors (Lipinski definition) is 2. The third-order valence-electron chi connectivity index (χ3n) is 7.59. The molecule has 2 aromatic heterocycles. The molecule has 0 spiro atoms. The van der Waals surface area contributed by atoms with E-state index in [0.717, 1.165) is 48.2 Å². The van der Waals surface area contributed by atoms with Crippen LogP contribution in [0.3, 0.4) is 0 Å². The van der Waals surface area contributed by atoms with E-state index in [2.05, 4.69) is 23.1 Å². The fourth-order valence-electron chi connectivity index (χ4n) is 5.83. The highest BCUT2D eigenvalue weighted by Gasteiger charge is 2.56. The number of hydrogen-bond acceptors (Lipinski definition) is 4. The number of aryl methyl sites for hydroxylation is 1. The number of carbonyl (C=O) groups excluding carboxylic acids is 1. The predicted octanol–water partition coefficient (Wildman–Crippen LogP) is 3.86. The normalized spacial score (nSPS) is 24.0. The molecule has 2 aliphatic carbocycles. The van der Waals surface area contributed by atoms with E-state index in [1.165, 1.54) is 5.57 Å². The lowest BCUT2D eigenvalue weighted by Crippen LogP contribution is -2.47. The Bertz CT molecular complexity index is 1200. The molecule has 6 heteroatoms. The van der Waals surface area contributed by atoms with Gasteiger partial charge < -0.3 is 10.8 Å². The van der Waals surface area contributed by atoms with Gasteiger partial charge in [-0.1, -0.05) is 30.7 Å². The topological polar surface area (TPSA) is 94.0 Å². The van der Waals surface area contributed by atoms with Crippen LogP contribution < -0.4 is 5.73 Å². The van der Waals surface area contributed by atoms with E-state index < -0.39 is 11.5 Å². The minimum Gasteiger partial charge on any atom is -0.389 e. The summed E-state index contributed by atoms with van der Waals surface area (Å²) >= 11 is 0. The molecule has 1 saturated carbocycles. The first-order valence-corrected chi connectivity index (χ1v) is 11.3. The summed E-state index contributed by atoms with van der Waals surface area (Å²) in [5.74, 6) is -0.421. The van der Waals surface area contributed by atoms with Gasteiger partial charge in [0.05, 0.1) is 29.4 Å². The number of nitrogens with two attached hydrogens (primary N) is 1. The lowest BCUT2D eigenvalue weighted by molar-refractivity contribution is -0.0569. The first-order valence-electron chi connectivity index (χ1n) is 11.3. The third kappa shape index (κ3) is 3.09. The van der Waals surface area contributed by atoms with Crippen LogP contribution in [0, 0.1) is 5.41 Å². The average Bonchev–Trinajstić information content (AvgIpc) is 3.35. The van der Waals surface area contributed by atoms with Crippen molar-refractivity contribution < 1.29 is 9.90 Å². The van der Waals surface area contributed by atoms with Gasteiger partial charge in [0, 0.05) is 17.2 Å². The summed E-state index contributed by atoms with van der Waals surface area (Å²) < 4.78 is 1.94. The Labute approximate surface area is 187 Å². The molecule has 2 atom stereocenters. The van der Waals surface area contributed by atoms with E-state index in [0.29, 0.717) is 18.4 Å². The van der Waals surface area contributed by atoms with Gasteiger partial charge in [0.25, 0.3) is 0 Å². The van der Waals surface area contributed by atoms with E-state index in [-0.39, 0.29) is 5.41 Å². The molecular formula is C26H28N4O2. The summed E-state index contributed by atoms with van der Waals surface area (Å²) in [6, 6.07) is 11.4. The molecule has 0 saturated heterocycles. The summed E-state index contributed by atoms with van der Waals surface area (Å²) in [5, 5.41) is 16.6. The molecular weight excluding hydrogens is 400 g/mol. The van der Waals surface area contributed by atoms with Crippen molar-refractivity contribution in [1.29, 1.82) is 0 Å². The van der Waals surface area contributed by atoms with E-state index in [9.17, 15) is 9.90 Å². The third-order valence-corrected chi connectivity index (χ3v) is 7.59. The Kier molecular flexibility index (Phi) is 4.97. The highest BCUT2D eigenvalue weighted by molar-refractivity contribution is 5.94. The summed E-state index contributed by atoms with van der Waals surface area (Å²) in [4.78, 5) is 16.1. The molecule has 3 N–H and O–H groups in total. The molecule has 0 aliphatic heterocycles. The SMILES string of the molecule is CC[C@]12Cc3cnn(-c4cccnc4)c3C=C1CC[C@@]2(O)CCc1ccccc1C(N)=O. The molecule has 2 aliphatic rings. The largest absolute Gasteiger partial charge is 0.389 e. The van der Waals surface area contributed by atoms with Crippen LogP contribution in [0.25, 0.3) is 11.8 Å². The summed E-state index contributed by atoms with van der Waals surface area (Å²) in [6.45, 7) is 2.16. The Balaban J connectivity index is 1.47. The van der Waals surface area contributed by atoms with Crippen molar-refractivity contribution in [2.24, 2.45) is 11.1 Å². The summed E-state index contributed by atoms with van der Waals surface area (Å²) in [6.07, 6.45) is 12.1. The fraction of sp³-hybridized carbons (Fsp3) is 0.346. The summed E-state index contributed by atoms with van der Waals surface area (Å²) in [7, 11) is 0. The van der Waals surface area contributed by atoms with E-state index >= 15 is 0 Å². The molecule has 1 aromatic carbocycles. The zero-order chi connectivity index (χ0) is 22.3. The number of aliphatic hydroxyl groups is 1. The first kappa shape index (κ1) is 20.6. The molecule has 6 nitrogen and oxygen atoms in total. The zero-order valence-corrected chi connectivity index (χ0v) is 18.3. The monoisotopic (exact) mass is 428 g/mol. The van der Waals surface area contributed by atoms with Crippen molar-refractivity contribution in [3.63, 3.8) is 0 Å². The minimum atomic E-state index is -0.841. The van der Waals surface area contributed by atoms with Crippen LogP contribution in [0.1, 0.15) is 59.8 Å². The van der Waals surface area contributed by atoms with Gasteiger partial charge in [0.1, 0.15) is 0 Å². The smallest absolute Gasteiger partial charge is 0.248 e. The Morgan fingerprint density at radius 2 is 2.06 bits per heavy atom. The van der Waals surface area contributed by atoms with E-state index in [1.807, 2.05) is 47.4 Å². The number of carbonyl (C=O) groups is 1. The van der Waals surface area contributed by atoms with Gasteiger partial charge in [0.15, 0.2) is 0 Å². The van der Waals surface area contributed by atoms with Crippen LogP contribution in [0.15, 0.2) is 60.6 Å². The van der Waals surface area contributed by atoms with Gasteiger partial charge >= 0.3 is 0 Å². The highest BCUT2D eigenvalue weighted by Crippen LogP contribution is 2.58. The molecule has 5 rings (SSSR count). The Morgan fingerprint density at radius 1 is 1.22 bits per heavy atom. The van der Waals surface area contributed by atoms with Crippen LogP contribution >= 0.6 is 0 Å². The van der Waals surface area contributed by atoms with Gasteiger partial charge in [-0.3, -0.25) is 9.78 Å².